The Labute approximate surface area is 102 Å². The minimum absolute atomic E-state index is 0. The molecule has 0 bridgehead atoms. The summed E-state index contributed by atoms with van der Waals surface area (Å²) in [5, 5.41) is 5.94. The summed E-state index contributed by atoms with van der Waals surface area (Å²) in [7, 11) is 0. The van der Waals surface area contributed by atoms with E-state index in [1.54, 1.807) is 24.3 Å². The average molecular weight is 244 g/mol. The van der Waals surface area contributed by atoms with Crippen molar-refractivity contribution in [2.45, 2.75) is 6.92 Å². The number of hydrogen-bond donors (Lipinski definition) is 3. The molecule has 0 unspecified atom stereocenters. The van der Waals surface area contributed by atoms with Gasteiger partial charge >= 0.3 is 0 Å². The highest BCUT2D eigenvalue weighted by atomic mass is 35.5. The molecule has 0 radical (unpaired) electrons. The maximum atomic E-state index is 11.5. The van der Waals surface area contributed by atoms with E-state index in [9.17, 15) is 4.79 Å². The van der Waals surface area contributed by atoms with Gasteiger partial charge in [0.1, 0.15) is 0 Å². The number of carbonyl (C=O) groups excluding carboxylic acids is 1. The molecule has 0 saturated carbocycles. The van der Waals surface area contributed by atoms with Gasteiger partial charge in [-0.25, -0.2) is 0 Å². The number of benzene rings is 1. The predicted molar refractivity (Wildman–Crippen MR) is 69.0 cm³/mol. The van der Waals surface area contributed by atoms with Crippen LogP contribution in [0.4, 0.5) is 5.69 Å². The predicted octanol–water partition coefficient (Wildman–Crippen LogP) is 1.03. The van der Waals surface area contributed by atoms with Gasteiger partial charge in [0.15, 0.2) is 0 Å². The van der Waals surface area contributed by atoms with Crippen LogP contribution < -0.4 is 16.4 Å². The first-order valence-corrected chi connectivity index (χ1v) is 5.08. The summed E-state index contributed by atoms with van der Waals surface area (Å²) in [5.41, 5.74) is 6.83. The summed E-state index contributed by atoms with van der Waals surface area (Å²) in [6.45, 7) is 4.37. The third-order valence-electron chi connectivity index (χ3n) is 2.01. The molecule has 0 saturated heterocycles. The largest absolute Gasteiger partial charge is 0.399 e. The topological polar surface area (TPSA) is 67.1 Å². The Morgan fingerprint density at radius 2 is 1.88 bits per heavy atom. The molecule has 16 heavy (non-hydrogen) atoms. The van der Waals surface area contributed by atoms with E-state index >= 15 is 0 Å². The molecule has 0 spiro atoms. The molecule has 0 aromatic heterocycles. The van der Waals surface area contributed by atoms with E-state index < -0.39 is 0 Å². The van der Waals surface area contributed by atoms with Crippen molar-refractivity contribution in [1.82, 2.24) is 10.6 Å². The highest BCUT2D eigenvalue weighted by Crippen LogP contribution is 2.04. The number of hydrogen-bond acceptors (Lipinski definition) is 3. The van der Waals surface area contributed by atoms with Crippen molar-refractivity contribution in [3.63, 3.8) is 0 Å². The zero-order valence-electron chi connectivity index (χ0n) is 9.32. The zero-order chi connectivity index (χ0) is 11.1. The van der Waals surface area contributed by atoms with Gasteiger partial charge in [0.25, 0.3) is 5.91 Å². The Balaban J connectivity index is 0.00000225. The summed E-state index contributed by atoms with van der Waals surface area (Å²) in [6.07, 6.45) is 0. The molecule has 4 nitrogen and oxygen atoms in total. The number of nitrogen functional groups attached to an aromatic ring is 1. The summed E-state index contributed by atoms with van der Waals surface area (Å²) in [6, 6.07) is 6.88. The molecule has 0 aliphatic carbocycles. The van der Waals surface area contributed by atoms with Crippen LogP contribution in [0.25, 0.3) is 0 Å². The molecule has 1 aromatic rings. The van der Waals surface area contributed by atoms with E-state index in [0.29, 0.717) is 17.8 Å². The molecule has 1 aromatic carbocycles. The summed E-state index contributed by atoms with van der Waals surface area (Å²) in [4.78, 5) is 11.5. The Bertz CT molecular complexity index is 314. The maximum Gasteiger partial charge on any atom is 0.251 e. The van der Waals surface area contributed by atoms with Crippen molar-refractivity contribution in [2.75, 3.05) is 25.4 Å². The molecular formula is C11H18ClN3O. The van der Waals surface area contributed by atoms with Gasteiger partial charge in [0.2, 0.25) is 0 Å². The lowest BCUT2D eigenvalue weighted by molar-refractivity contribution is 0.0954. The molecule has 1 rings (SSSR count). The SMILES string of the molecule is CCNCCNC(=O)c1ccc(N)cc1.Cl. The summed E-state index contributed by atoms with van der Waals surface area (Å²) < 4.78 is 0. The number of amides is 1. The standard InChI is InChI=1S/C11H17N3O.ClH/c1-2-13-7-8-14-11(15)9-3-5-10(12)6-4-9;/h3-6,13H,2,7-8,12H2,1H3,(H,14,15);1H. The van der Waals surface area contributed by atoms with Gasteiger partial charge in [-0.3, -0.25) is 4.79 Å². The first-order chi connectivity index (χ1) is 7.24. The normalized spacial score (nSPS) is 9.31. The number of nitrogens with two attached hydrogens (primary N) is 1. The van der Waals surface area contributed by atoms with E-state index in [-0.39, 0.29) is 18.3 Å². The number of nitrogens with one attached hydrogen (secondary N) is 2. The highest BCUT2D eigenvalue weighted by Gasteiger charge is 2.02. The monoisotopic (exact) mass is 243 g/mol. The Morgan fingerprint density at radius 3 is 2.44 bits per heavy atom. The fourth-order valence-electron chi connectivity index (χ4n) is 1.18. The smallest absolute Gasteiger partial charge is 0.251 e. The second kappa shape index (κ2) is 7.96. The van der Waals surface area contributed by atoms with Gasteiger partial charge in [-0.2, -0.15) is 0 Å². The van der Waals surface area contributed by atoms with Crippen LogP contribution in [0.3, 0.4) is 0 Å². The van der Waals surface area contributed by atoms with Crippen LogP contribution in [0.15, 0.2) is 24.3 Å². The second-order valence-electron chi connectivity index (χ2n) is 3.23. The Kier molecular flexibility index (Phi) is 7.33. The number of carbonyl (C=O) groups is 1. The molecule has 4 N–H and O–H groups in total. The molecule has 0 atom stereocenters. The van der Waals surface area contributed by atoms with Crippen molar-refractivity contribution in [3.05, 3.63) is 29.8 Å². The van der Waals surface area contributed by atoms with Crippen LogP contribution in [0.2, 0.25) is 0 Å². The maximum absolute atomic E-state index is 11.5. The van der Waals surface area contributed by atoms with Crippen molar-refractivity contribution in [3.8, 4) is 0 Å². The molecule has 0 aliphatic heterocycles. The molecule has 90 valence electrons. The van der Waals surface area contributed by atoms with Gasteiger partial charge in [0.05, 0.1) is 0 Å². The molecule has 1 amide bonds. The van der Waals surface area contributed by atoms with Crippen molar-refractivity contribution >= 4 is 24.0 Å². The van der Waals surface area contributed by atoms with Crippen LogP contribution >= 0.6 is 12.4 Å². The number of anilines is 1. The first-order valence-electron chi connectivity index (χ1n) is 5.08. The Hall–Kier alpha value is -1.26. The minimum Gasteiger partial charge on any atom is -0.399 e. The fourth-order valence-corrected chi connectivity index (χ4v) is 1.18. The third-order valence-corrected chi connectivity index (χ3v) is 2.01. The lowest BCUT2D eigenvalue weighted by Crippen LogP contribution is -2.31. The van der Waals surface area contributed by atoms with Crippen molar-refractivity contribution in [2.24, 2.45) is 0 Å². The fraction of sp³-hybridized carbons (Fsp3) is 0.364. The number of halogens is 1. The average Bonchev–Trinajstić information content (AvgIpc) is 2.25. The van der Waals surface area contributed by atoms with Gasteiger partial charge < -0.3 is 16.4 Å². The summed E-state index contributed by atoms with van der Waals surface area (Å²) >= 11 is 0. The molecule has 0 aliphatic rings. The van der Waals surface area contributed by atoms with Crippen LogP contribution in [-0.2, 0) is 0 Å². The molecular weight excluding hydrogens is 226 g/mol. The third kappa shape index (κ3) is 5.00. The van der Waals surface area contributed by atoms with Crippen molar-refractivity contribution in [1.29, 1.82) is 0 Å². The van der Waals surface area contributed by atoms with Crippen LogP contribution in [0.5, 0.6) is 0 Å². The lowest BCUT2D eigenvalue weighted by atomic mass is 10.2. The number of rotatable bonds is 5. The second-order valence-corrected chi connectivity index (χ2v) is 3.23. The number of likely N-dealkylation sites (N-methyl/N-ethyl adjacent to an activating group) is 1. The van der Waals surface area contributed by atoms with Crippen LogP contribution in [0.1, 0.15) is 17.3 Å². The quantitative estimate of drug-likeness (QED) is 0.535. The van der Waals surface area contributed by atoms with Gasteiger partial charge in [-0.15, -0.1) is 12.4 Å². The zero-order valence-corrected chi connectivity index (χ0v) is 10.1. The molecule has 5 heteroatoms. The van der Waals surface area contributed by atoms with Crippen LogP contribution in [0, 0.1) is 0 Å². The van der Waals surface area contributed by atoms with E-state index in [4.69, 9.17) is 5.73 Å². The lowest BCUT2D eigenvalue weighted by Gasteiger charge is -2.05. The Morgan fingerprint density at radius 1 is 1.25 bits per heavy atom. The van der Waals surface area contributed by atoms with E-state index in [0.717, 1.165) is 13.1 Å². The highest BCUT2D eigenvalue weighted by molar-refractivity contribution is 5.94. The first kappa shape index (κ1) is 14.7. The van der Waals surface area contributed by atoms with E-state index in [1.165, 1.54) is 0 Å². The van der Waals surface area contributed by atoms with Gasteiger partial charge in [-0.05, 0) is 30.8 Å². The van der Waals surface area contributed by atoms with Gasteiger partial charge in [0, 0.05) is 24.3 Å². The molecule has 0 fully saturated rings. The van der Waals surface area contributed by atoms with E-state index in [1.807, 2.05) is 6.92 Å². The van der Waals surface area contributed by atoms with E-state index in [2.05, 4.69) is 10.6 Å². The van der Waals surface area contributed by atoms with Crippen LogP contribution in [-0.4, -0.2) is 25.5 Å². The van der Waals surface area contributed by atoms with Gasteiger partial charge in [-0.1, -0.05) is 6.92 Å². The van der Waals surface area contributed by atoms with Crippen molar-refractivity contribution < 1.29 is 4.79 Å². The minimum atomic E-state index is -0.0621. The summed E-state index contributed by atoms with van der Waals surface area (Å²) in [5.74, 6) is -0.0621. The molecule has 0 heterocycles.